The Bertz CT molecular complexity index is 1410. The van der Waals surface area contributed by atoms with Gasteiger partial charge in [0, 0.05) is 18.6 Å². The van der Waals surface area contributed by atoms with E-state index in [0.29, 0.717) is 16.3 Å². The second-order valence-corrected chi connectivity index (χ2v) is 10.5. The predicted octanol–water partition coefficient (Wildman–Crippen LogP) is 2.44. The van der Waals surface area contributed by atoms with Gasteiger partial charge in [0.1, 0.15) is 16.3 Å². The third kappa shape index (κ3) is 14.2. The zero-order valence-corrected chi connectivity index (χ0v) is 24.8. The summed E-state index contributed by atoms with van der Waals surface area (Å²) in [5.74, 6) is -11.3. The first-order chi connectivity index (χ1) is 20.9. The zero-order chi connectivity index (χ0) is 35.6. The fourth-order valence-corrected chi connectivity index (χ4v) is 4.82. The topological polar surface area (TPSA) is 169 Å². The Morgan fingerprint density at radius 3 is 0.958 bits per heavy atom. The molecule has 9 nitrogen and oxygen atoms in total. The Hall–Kier alpha value is -4.27. The molecule has 0 saturated heterocycles. The van der Waals surface area contributed by atoms with Gasteiger partial charge in [0.05, 0.1) is 0 Å². The molecule has 0 saturated carbocycles. The largest absolute Gasteiger partial charge is 2.00 e. The molecule has 3 heterocycles. The van der Waals surface area contributed by atoms with Crippen LogP contribution in [0.4, 0.5) is 52.7 Å². The van der Waals surface area contributed by atoms with Crippen molar-refractivity contribution in [3.63, 3.8) is 0 Å². The van der Waals surface area contributed by atoms with Gasteiger partial charge in [-0.3, -0.25) is 24.5 Å². The molecule has 23 heteroatoms. The van der Waals surface area contributed by atoms with Crippen LogP contribution in [0.1, 0.15) is 0 Å². The molecule has 0 spiro atoms. The molecule has 3 aromatic rings. The van der Waals surface area contributed by atoms with Crippen molar-refractivity contribution in [3.8, 4) is 0 Å². The maximum Gasteiger partial charge on any atom is 2.00 e. The van der Waals surface area contributed by atoms with Crippen molar-refractivity contribution in [2.45, 2.75) is 24.7 Å². The number of carbonyl (C=O) groups is 2. The fraction of sp³-hybridized carbons (Fsp3) is 0.160. The number of carbonyl (C=O) groups excluding carboxylic acids is 2. The van der Waals surface area contributed by atoms with Gasteiger partial charge in [-0.2, -0.15) is 52.7 Å². The van der Waals surface area contributed by atoms with Crippen LogP contribution in [-0.4, -0.2) is 51.2 Å². The monoisotopic (exact) mass is 773 g/mol. The Labute approximate surface area is 270 Å². The van der Waals surface area contributed by atoms with E-state index in [1.807, 2.05) is 18.2 Å². The Kier molecular flexibility index (Phi) is 17.5. The van der Waals surface area contributed by atoms with Crippen molar-refractivity contribution >= 4 is 35.0 Å². The molecule has 1 radical (unpaired) electrons. The number of nitrogens with zero attached hydrogens (tertiary/aromatic N) is 3. The summed E-state index contributed by atoms with van der Waals surface area (Å²) in [6.07, 6.45) is -19.0. The Balaban J connectivity index is 0. The van der Waals surface area contributed by atoms with Gasteiger partial charge in [-0.1, -0.05) is 18.2 Å². The molecule has 0 aliphatic heterocycles. The van der Waals surface area contributed by atoms with E-state index in [9.17, 15) is 77.1 Å². The molecule has 0 aliphatic rings. The Morgan fingerprint density at radius 1 is 0.542 bits per heavy atom. The number of ketones is 2. The average Bonchev–Trinajstić information content (AvgIpc) is 2.96. The van der Waals surface area contributed by atoms with Crippen LogP contribution < -0.4 is 26.5 Å². The quantitative estimate of drug-likeness (QED) is 0.125. The van der Waals surface area contributed by atoms with Crippen LogP contribution in [0.2, 0.25) is 0 Å². The molecular formula is C25H17CoF12N3O6P+. The molecular weight excluding hydrogens is 756 g/mol. The normalized spacial score (nSPS) is 12.5. The number of allylic oxidation sites excluding steroid dienone is 4. The molecule has 0 unspecified atom stereocenters. The van der Waals surface area contributed by atoms with Gasteiger partial charge in [-0.05, 0) is 60.1 Å². The maximum absolute atomic E-state index is 13.6. The fourth-order valence-electron chi connectivity index (χ4n) is 2.54. The van der Waals surface area contributed by atoms with Gasteiger partial charge in [0.15, 0.2) is 0 Å². The van der Waals surface area contributed by atoms with Crippen LogP contribution >= 0.6 is 7.14 Å². The van der Waals surface area contributed by atoms with Crippen molar-refractivity contribution < 1.29 is 99.3 Å². The summed E-state index contributed by atoms with van der Waals surface area (Å²) in [6, 6.07) is 16.1. The smallest absolute Gasteiger partial charge is 0.869 e. The van der Waals surface area contributed by atoms with Gasteiger partial charge in [-0.25, -0.2) is 0 Å². The minimum atomic E-state index is -5.46. The number of hydrogen-bond acceptors (Lipinski definition) is 8. The first kappa shape index (κ1) is 45.8. The van der Waals surface area contributed by atoms with Crippen molar-refractivity contribution in [1.29, 1.82) is 0 Å². The molecule has 3 aromatic heterocycles. The van der Waals surface area contributed by atoms with E-state index in [1.165, 1.54) is 0 Å². The summed E-state index contributed by atoms with van der Waals surface area (Å²) >= 11 is 0. The average molecular weight is 773 g/mol. The van der Waals surface area contributed by atoms with Gasteiger partial charge in [0.25, 0.3) is 11.6 Å². The summed E-state index contributed by atoms with van der Waals surface area (Å²) < 4.78 is 149. The van der Waals surface area contributed by atoms with Crippen molar-refractivity contribution in [2.75, 3.05) is 0 Å². The molecule has 0 amide bonds. The number of hydrogen-bond donors (Lipinski definition) is 0. The zero-order valence-electron chi connectivity index (χ0n) is 22.9. The second-order valence-electron chi connectivity index (χ2n) is 7.91. The number of rotatable bonds is 5. The van der Waals surface area contributed by atoms with E-state index < -0.39 is 67.1 Å². The molecule has 3 N–H and O–H groups in total. The molecule has 265 valence electrons. The van der Waals surface area contributed by atoms with Crippen LogP contribution in [0.15, 0.2) is 96.9 Å². The summed E-state index contributed by atoms with van der Waals surface area (Å²) in [5, 5.41) is 19.6. The summed E-state index contributed by atoms with van der Waals surface area (Å²) in [7, 11) is -3.11. The van der Waals surface area contributed by atoms with E-state index >= 15 is 0 Å². The minimum absolute atomic E-state index is 0. The first-order valence-electron chi connectivity index (χ1n) is 11.4. The molecule has 0 aromatic carbocycles. The predicted molar refractivity (Wildman–Crippen MR) is 134 cm³/mol. The SMILES string of the molecule is O=C(/C=C(\[O-])C(F)(F)F)C(F)(F)F.O=C(/C=C(\[O-])C(F)(F)F)C(F)(F)F.O=P(c1ccccn1)(c1ccccn1)c1ccccn1.[Co+2].[OH3+]. The molecule has 48 heavy (non-hydrogen) atoms. The third-order valence-electron chi connectivity index (χ3n) is 4.56. The van der Waals surface area contributed by atoms with Gasteiger partial charge >= 0.3 is 41.5 Å². The van der Waals surface area contributed by atoms with E-state index in [2.05, 4.69) is 15.0 Å². The van der Waals surface area contributed by atoms with Crippen LogP contribution in [0, 0.1) is 0 Å². The summed E-state index contributed by atoms with van der Waals surface area (Å²) in [5.41, 5.74) is 1.49. The summed E-state index contributed by atoms with van der Waals surface area (Å²) in [4.78, 5) is 32.4. The van der Waals surface area contributed by atoms with Crippen LogP contribution in [0.5, 0.6) is 0 Å². The van der Waals surface area contributed by atoms with E-state index in [4.69, 9.17) is 0 Å². The van der Waals surface area contributed by atoms with E-state index in [0.717, 1.165) is 0 Å². The van der Waals surface area contributed by atoms with Gasteiger partial charge in [0.2, 0.25) is 7.14 Å². The van der Waals surface area contributed by atoms with Gasteiger partial charge < -0.3 is 20.3 Å². The standard InChI is InChI=1S/C15H12N3OP.2C5H2F6O2.Co.H2O/c19-20(13-7-1-4-10-16-13,14-8-2-5-11-17-14)15-9-3-6-12-18-15;2*6-4(7,8)2(12)1-3(13)5(9,10)11;;/h1-12H;2*1,12H;;1H2/q;;;+2;/p-1/b;2*2-1-;;. The molecule has 0 bridgehead atoms. The summed E-state index contributed by atoms with van der Waals surface area (Å²) in [6.45, 7) is 0. The molecule has 0 aliphatic carbocycles. The third-order valence-corrected chi connectivity index (χ3v) is 7.29. The van der Waals surface area contributed by atoms with Crippen molar-refractivity contribution in [1.82, 2.24) is 15.0 Å². The Morgan fingerprint density at radius 2 is 0.792 bits per heavy atom. The number of halogens is 12. The number of aromatic nitrogens is 3. The van der Waals surface area contributed by atoms with Crippen molar-refractivity contribution in [3.05, 3.63) is 96.9 Å². The number of pyridine rings is 3. The van der Waals surface area contributed by atoms with Crippen LogP contribution in [0.25, 0.3) is 0 Å². The molecule has 0 fully saturated rings. The molecule has 3 rings (SSSR count). The van der Waals surface area contributed by atoms with Crippen LogP contribution in [0.3, 0.4) is 0 Å². The van der Waals surface area contributed by atoms with Crippen molar-refractivity contribution in [2.24, 2.45) is 0 Å². The van der Waals surface area contributed by atoms with E-state index in [1.54, 1.807) is 55.0 Å². The molecule has 0 atom stereocenters. The van der Waals surface area contributed by atoms with Crippen LogP contribution in [-0.2, 0) is 36.4 Å². The van der Waals surface area contributed by atoms with Gasteiger partial charge in [-0.15, -0.1) is 0 Å². The second kappa shape index (κ2) is 18.3. The first-order valence-corrected chi connectivity index (χ1v) is 13.1. The van der Waals surface area contributed by atoms with E-state index in [-0.39, 0.29) is 22.3 Å². The minimum Gasteiger partial charge on any atom is -0.869 e. The maximum atomic E-state index is 13.6. The number of alkyl halides is 12.